The van der Waals surface area contributed by atoms with E-state index in [1.807, 2.05) is 0 Å². The minimum Gasteiger partial charge on any atom is -0.389 e. The van der Waals surface area contributed by atoms with Gasteiger partial charge in [-0.1, -0.05) is 20.8 Å². The van der Waals surface area contributed by atoms with E-state index < -0.39 is 5.60 Å². The maximum absolute atomic E-state index is 10.5. The highest BCUT2D eigenvalue weighted by molar-refractivity contribution is 4.81. The van der Waals surface area contributed by atoms with E-state index >= 15 is 0 Å². The van der Waals surface area contributed by atoms with Crippen LogP contribution in [0.25, 0.3) is 0 Å². The van der Waals surface area contributed by atoms with E-state index in [-0.39, 0.29) is 0 Å². The number of nitrogens with one attached hydrogen (secondary N) is 1. The molecule has 0 atom stereocenters. The van der Waals surface area contributed by atoms with Crippen LogP contribution in [-0.4, -0.2) is 48.3 Å². The number of aliphatic hydroxyl groups is 1. The zero-order chi connectivity index (χ0) is 13.4. The van der Waals surface area contributed by atoms with Crippen molar-refractivity contribution in [2.45, 2.75) is 58.5 Å². The van der Waals surface area contributed by atoms with Crippen LogP contribution in [0.1, 0.15) is 52.9 Å². The highest BCUT2D eigenvalue weighted by Crippen LogP contribution is 2.20. The van der Waals surface area contributed by atoms with Crippen molar-refractivity contribution < 1.29 is 5.11 Å². The SMILES string of the molecule is CCCN(CC1CCNCC1)CC(O)(CC)CC. The molecule has 0 radical (unpaired) electrons. The zero-order valence-corrected chi connectivity index (χ0v) is 12.5. The Morgan fingerprint density at radius 1 is 1.17 bits per heavy atom. The second-order valence-corrected chi connectivity index (χ2v) is 5.86. The van der Waals surface area contributed by atoms with Gasteiger partial charge in [0.25, 0.3) is 0 Å². The van der Waals surface area contributed by atoms with Gasteiger partial charge in [0.15, 0.2) is 0 Å². The van der Waals surface area contributed by atoms with Gasteiger partial charge in [-0.15, -0.1) is 0 Å². The Kier molecular flexibility index (Phi) is 7.20. The normalized spacial score (nSPS) is 18.5. The van der Waals surface area contributed by atoms with E-state index in [1.165, 1.54) is 19.3 Å². The highest BCUT2D eigenvalue weighted by Gasteiger charge is 2.26. The molecule has 0 spiro atoms. The summed E-state index contributed by atoms with van der Waals surface area (Å²) >= 11 is 0. The summed E-state index contributed by atoms with van der Waals surface area (Å²) in [6.45, 7) is 11.9. The first kappa shape index (κ1) is 15.9. The second kappa shape index (κ2) is 8.13. The van der Waals surface area contributed by atoms with Crippen molar-refractivity contribution >= 4 is 0 Å². The minimum atomic E-state index is -0.484. The molecule has 0 aromatic rings. The average Bonchev–Trinajstić information content (AvgIpc) is 2.40. The highest BCUT2D eigenvalue weighted by atomic mass is 16.3. The molecule has 0 amide bonds. The Hall–Kier alpha value is -0.120. The van der Waals surface area contributed by atoms with Crippen LogP contribution in [0.4, 0.5) is 0 Å². The summed E-state index contributed by atoms with van der Waals surface area (Å²) in [5.74, 6) is 0.816. The van der Waals surface area contributed by atoms with Gasteiger partial charge < -0.3 is 15.3 Å². The van der Waals surface area contributed by atoms with E-state index in [2.05, 4.69) is 31.0 Å². The standard InChI is InChI=1S/C15H32N2O/c1-4-11-17(13-15(18,5-2)6-3)12-14-7-9-16-10-8-14/h14,16,18H,4-13H2,1-3H3. The average molecular weight is 256 g/mol. The first-order valence-electron chi connectivity index (χ1n) is 7.79. The van der Waals surface area contributed by atoms with Crippen molar-refractivity contribution in [3.05, 3.63) is 0 Å². The Morgan fingerprint density at radius 2 is 1.78 bits per heavy atom. The fraction of sp³-hybridized carbons (Fsp3) is 1.00. The predicted octanol–water partition coefficient (Wildman–Crippen LogP) is 2.25. The third-order valence-electron chi connectivity index (χ3n) is 4.35. The molecule has 3 heteroatoms. The quantitative estimate of drug-likeness (QED) is 0.699. The lowest BCUT2D eigenvalue weighted by Gasteiger charge is -2.36. The lowest BCUT2D eigenvalue weighted by molar-refractivity contribution is -0.00808. The molecule has 2 N–H and O–H groups in total. The van der Waals surface area contributed by atoms with Crippen LogP contribution in [0, 0.1) is 5.92 Å². The van der Waals surface area contributed by atoms with Gasteiger partial charge in [-0.05, 0) is 57.7 Å². The monoisotopic (exact) mass is 256 g/mol. The van der Waals surface area contributed by atoms with Gasteiger partial charge in [0.2, 0.25) is 0 Å². The zero-order valence-electron chi connectivity index (χ0n) is 12.5. The number of rotatable bonds is 8. The predicted molar refractivity (Wildman–Crippen MR) is 77.9 cm³/mol. The molecule has 0 saturated carbocycles. The van der Waals surface area contributed by atoms with Gasteiger partial charge in [0, 0.05) is 13.1 Å². The molecule has 108 valence electrons. The lowest BCUT2D eigenvalue weighted by atomic mass is 9.94. The van der Waals surface area contributed by atoms with Crippen molar-refractivity contribution in [2.24, 2.45) is 5.92 Å². The molecule has 1 aliphatic rings. The fourth-order valence-electron chi connectivity index (χ4n) is 2.87. The molecule has 1 heterocycles. The first-order chi connectivity index (χ1) is 8.63. The van der Waals surface area contributed by atoms with Crippen molar-refractivity contribution in [3.63, 3.8) is 0 Å². The maximum atomic E-state index is 10.5. The Bertz CT molecular complexity index is 211. The van der Waals surface area contributed by atoms with Crippen LogP contribution in [0.3, 0.4) is 0 Å². The smallest absolute Gasteiger partial charge is 0.0768 e. The summed E-state index contributed by atoms with van der Waals surface area (Å²) in [5, 5.41) is 13.9. The molecule has 1 rings (SSSR count). The van der Waals surface area contributed by atoms with Gasteiger partial charge in [-0.2, -0.15) is 0 Å². The Balaban J connectivity index is 2.47. The molecule has 1 aliphatic heterocycles. The van der Waals surface area contributed by atoms with Crippen molar-refractivity contribution in [1.29, 1.82) is 0 Å². The molecular weight excluding hydrogens is 224 g/mol. The summed E-state index contributed by atoms with van der Waals surface area (Å²) in [4.78, 5) is 2.49. The van der Waals surface area contributed by atoms with Crippen LogP contribution in [0.5, 0.6) is 0 Å². The minimum absolute atomic E-state index is 0.484. The third-order valence-corrected chi connectivity index (χ3v) is 4.35. The third kappa shape index (κ3) is 5.25. The van der Waals surface area contributed by atoms with E-state index in [9.17, 15) is 5.11 Å². The second-order valence-electron chi connectivity index (χ2n) is 5.86. The van der Waals surface area contributed by atoms with Gasteiger partial charge >= 0.3 is 0 Å². The molecular formula is C15H32N2O. The van der Waals surface area contributed by atoms with Crippen molar-refractivity contribution in [1.82, 2.24) is 10.2 Å². The molecule has 0 aromatic carbocycles. The first-order valence-corrected chi connectivity index (χ1v) is 7.79. The number of nitrogens with zero attached hydrogens (tertiary/aromatic N) is 1. The fourth-order valence-corrected chi connectivity index (χ4v) is 2.87. The molecule has 0 aliphatic carbocycles. The van der Waals surface area contributed by atoms with E-state index in [0.29, 0.717) is 0 Å². The molecule has 0 aromatic heterocycles. The topological polar surface area (TPSA) is 35.5 Å². The number of hydrogen-bond donors (Lipinski definition) is 2. The van der Waals surface area contributed by atoms with Gasteiger partial charge in [0.1, 0.15) is 0 Å². The van der Waals surface area contributed by atoms with Crippen molar-refractivity contribution in [2.75, 3.05) is 32.7 Å². The number of piperidine rings is 1. The van der Waals surface area contributed by atoms with Crippen LogP contribution in [0.2, 0.25) is 0 Å². The van der Waals surface area contributed by atoms with Crippen LogP contribution in [0.15, 0.2) is 0 Å². The molecule has 18 heavy (non-hydrogen) atoms. The summed E-state index contributed by atoms with van der Waals surface area (Å²) < 4.78 is 0. The maximum Gasteiger partial charge on any atom is 0.0768 e. The summed E-state index contributed by atoms with van der Waals surface area (Å²) in [6.07, 6.45) is 5.47. The lowest BCUT2D eigenvalue weighted by Crippen LogP contribution is -2.45. The molecule has 1 saturated heterocycles. The van der Waals surface area contributed by atoms with E-state index in [4.69, 9.17) is 0 Å². The summed E-state index contributed by atoms with van der Waals surface area (Å²) in [5.41, 5.74) is -0.484. The summed E-state index contributed by atoms with van der Waals surface area (Å²) in [6, 6.07) is 0. The molecule has 0 unspecified atom stereocenters. The molecule has 1 fully saturated rings. The van der Waals surface area contributed by atoms with Gasteiger partial charge in [0.05, 0.1) is 5.60 Å². The summed E-state index contributed by atoms with van der Waals surface area (Å²) in [7, 11) is 0. The van der Waals surface area contributed by atoms with E-state index in [0.717, 1.165) is 51.5 Å². The van der Waals surface area contributed by atoms with E-state index in [1.54, 1.807) is 0 Å². The number of hydrogen-bond acceptors (Lipinski definition) is 3. The molecule has 3 nitrogen and oxygen atoms in total. The van der Waals surface area contributed by atoms with Crippen LogP contribution in [-0.2, 0) is 0 Å². The molecule has 0 bridgehead atoms. The van der Waals surface area contributed by atoms with Gasteiger partial charge in [-0.3, -0.25) is 0 Å². The van der Waals surface area contributed by atoms with Crippen LogP contribution >= 0.6 is 0 Å². The van der Waals surface area contributed by atoms with Crippen LogP contribution < -0.4 is 5.32 Å². The van der Waals surface area contributed by atoms with Gasteiger partial charge in [-0.25, -0.2) is 0 Å². The van der Waals surface area contributed by atoms with Crippen molar-refractivity contribution in [3.8, 4) is 0 Å². The largest absolute Gasteiger partial charge is 0.389 e. The Labute approximate surface area is 113 Å². The Morgan fingerprint density at radius 3 is 2.28 bits per heavy atom.